The molecular formula is C6H4F3N3O4S. The van der Waals surface area contributed by atoms with Crippen LogP contribution in [-0.2, 0) is 10.0 Å². The van der Waals surface area contributed by atoms with Crippen LogP contribution in [0.15, 0.2) is 11.1 Å². The maximum atomic E-state index is 12.9. The summed E-state index contributed by atoms with van der Waals surface area (Å²) in [5.74, 6) is -1.82. The van der Waals surface area contributed by atoms with E-state index in [9.17, 15) is 31.7 Å². The van der Waals surface area contributed by atoms with E-state index in [0.717, 1.165) is 0 Å². The minimum Gasteiger partial charge on any atom is -0.258 e. The van der Waals surface area contributed by atoms with Crippen molar-refractivity contribution < 1.29 is 26.5 Å². The van der Waals surface area contributed by atoms with Gasteiger partial charge in [0.15, 0.2) is 0 Å². The average Bonchev–Trinajstić information content (AvgIpc) is 2.14. The van der Waals surface area contributed by atoms with Crippen LogP contribution in [0.25, 0.3) is 0 Å². The van der Waals surface area contributed by atoms with E-state index in [1.165, 1.54) is 0 Å². The number of rotatable bonds is 3. The van der Waals surface area contributed by atoms with Gasteiger partial charge in [-0.1, -0.05) is 0 Å². The molecule has 17 heavy (non-hydrogen) atoms. The van der Waals surface area contributed by atoms with E-state index in [1.54, 1.807) is 0 Å². The lowest BCUT2D eigenvalue weighted by Crippen LogP contribution is -2.17. The van der Waals surface area contributed by atoms with Crippen LogP contribution >= 0.6 is 0 Å². The predicted octanol–water partition coefficient (Wildman–Crippen LogP) is 0.714. The van der Waals surface area contributed by atoms with Gasteiger partial charge >= 0.3 is 5.69 Å². The first-order valence-corrected chi connectivity index (χ1v) is 5.35. The van der Waals surface area contributed by atoms with Crippen molar-refractivity contribution in [2.75, 3.05) is 0 Å². The van der Waals surface area contributed by atoms with E-state index in [0.29, 0.717) is 0 Å². The summed E-state index contributed by atoms with van der Waals surface area (Å²) < 4.78 is 59.1. The Morgan fingerprint density at radius 2 is 2.00 bits per heavy atom. The first kappa shape index (κ1) is 13.3. The lowest BCUT2D eigenvalue weighted by atomic mass is 10.2. The number of hydrogen-bond acceptors (Lipinski definition) is 5. The molecule has 0 aromatic carbocycles. The van der Waals surface area contributed by atoms with Crippen molar-refractivity contribution in [2.45, 2.75) is 11.5 Å². The second-order valence-electron chi connectivity index (χ2n) is 2.80. The van der Waals surface area contributed by atoms with Gasteiger partial charge < -0.3 is 0 Å². The molecular weight excluding hydrogens is 267 g/mol. The minimum absolute atomic E-state index is 0.0900. The number of nitro groups is 1. The SMILES string of the molecule is NS(=O)(=O)c1nc(F)c(C(F)F)cc1[N+](=O)[O-]. The van der Waals surface area contributed by atoms with Gasteiger partial charge in [-0.25, -0.2) is 22.3 Å². The molecule has 0 saturated carbocycles. The number of alkyl halides is 2. The summed E-state index contributed by atoms with van der Waals surface area (Å²) in [5.41, 5.74) is -2.67. The van der Waals surface area contributed by atoms with Gasteiger partial charge in [-0.05, 0) is 0 Å². The third-order valence-electron chi connectivity index (χ3n) is 1.65. The highest BCUT2D eigenvalue weighted by atomic mass is 32.2. The highest BCUT2D eigenvalue weighted by molar-refractivity contribution is 7.89. The van der Waals surface area contributed by atoms with Gasteiger partial charge in [0.25, 0.3) is 21.5 Å². The van der Waals surface area contributed by atoms with E-state index in [-0.39, 0.29) is 6.07 Å². The van der Waals surface area contributed by atoms with Crippen LogP contribution in [0.3, 0.4) is 0 Å². The van der Waals surface area contributed by atoms with Crippen molar-refractivity contribution in [3.8, 4) is 0 Å². The Kier molecular flexibility index (Phi) is 3.33. The number of nitrogens with zero attached hydrogens (tertiary/aromatic N) is 2. The van der Waals surface area contributed by atoms with Crippen LogP contribution < -0.4 is 5.14 Å². The zero-order valence-corrected chi connectivity index (χ0v) is 8.62. The predicted molar refractivity (Wildman–Crippen MR) is 47.2 cm³/mol. The van der Waals surface area contributed by atoms with Crippen molar-refractivity contribution in [2.24, 2.45) is 5.14 Å². The summed E-state index contributed by atoms with van der Waals surface area (Å²) in [4.78, 5) is 11.7. The molecule has 0 bridgehead atoms. The number of halogens is 3. The number of sulfonamides is 1. The van der Waals surface area contributed by atoms with Crippen molar-refractivity contribution in [1.29, 1.82) is 0 Å². The summed E-state index contributed by atoms with van der Waals surface area (Å²) in [5, 5.41) is 13.6. The summed E-state index contributed by atoms with van der Waals surface area (Å²) in [6.45, 7) is 0. The van der Waals surface area contributed by atoms with Gasteiger partial charge in [0.2, 0.25) is 5.95 Å². The smallest absolute Gasteiger partial charge is 0.258 e. The van der Waals surface area contributed by atoms with Crippen molar-refractivity contribution in [3.63, 3.8) is 0 Å². The fourth-order valence-corrected chi connectivity index (χ4v) is 1.61. The van der Waals surface area contributed by atoms with E-state index in [2.05, 4.69) is 10.1 Å². The number of aromatic nitrogens is 1. The molecule has 7 nitrogen and oxygen atoms in total. The molecule has 0 spiro atoms. The van der Waals surface area contributed by atoms with E-state index in [1.807, 2.05) is 0 Å². The van der Waals surface area contributed by atoms with Crippen LogP contribution in [-0.4, -0.2) is 18.3 Å². The Bertz CT molecular complexity index is 574. The van der Waals surface area contributed by atoms with Gasteiger partial charge in [-0.15, -0.1) is 0 Å². The lowest BCUT2D eigenvalue weighted by Gasteiger charge is -2.04. The maximum absolute atomic E-state index is 12.9. The largest absolute Gasteiger partial charge is 0.308 e. The Labute approximate surface area is 92.3 Å². The van der Waals surface area contributed by atoms with Crippen molar-refractivity contribution in [1.82, 2.24) is 4.98 Å². The van der Waals surface area contributed by atoms with Gasteiger partial charge in [0.1, 0.15) is 0 Å². The molecule has 0 atom stereocenters. The first-order chi connectivity index (χ1) is 7.64. The number of hydrogen-bond donors (Lipinski definition) is 1. The standard InChI is InChI=1S/C6H4F3N3O4S/c7-4(8)2-1-3(12(13)14)6(11-5(2)9)17(10,15)16/h1,4H,(H2,10,15,16). The summed E-state index contributed by atoms with van der Waals surface area (Å²) in [7, 11) is -4.68. The van der Waals surface area contributed by atoms with Crippen LogP contribution in [0, 0.1) is 16.1 Å². The zero-order valence-electron chi connectivity index (χ0n) is 7.80. The minimum atomic E-state index is -4.68. The third-order valence-corrected chi connectivity index (χ3v) is 2.49. The van der Waals surface area contributed by atoms with Crippen LogP contribution in [0.1, 0.15) is 12.0 Å². The normalized spacial score (nSPS) is 11.8. The average molecular weight is 271 g/mol. The Morgan fingerprint density at radius 3 is 2.35 bits per heavy atom. The summed E-state index contributed by atoms with van der Waals surface area (Å²) >= 11 is 0. The molecule has 0 amide bonds. The maximum Gasteiger partial charge on any atom is 0.308 e. The van der Waals surface area contributed by atoms with Crippen LogP contribution in [0.2, 0.25) is 0 Å². The molecule has 1 heterocycles. The second-order valence-corrected chi connectivity index (χ2v) is 4.27. The van der Waals surface area contributed by atoms with E-state index >= 15 is 0 Å². The fourth-order valence-electron chi connectivity index (χ4n) is 0.973. The quantitative estimate of drug-likeness (QED) is 0.493. The molecule has 1 rings (SSSR count). The lowest BCUT2D eigenvalue weighted by molar-refractivity contribution is -0.388. The van der Waals surface area contributed by atoms with Crippen molar-refractivity contribution >= 4 is 15.7 Å². The summed E-state index contributed by atoms with van der Waals surface area (Å²) in [6, 6.07) is 0.0900. The molecule has 0 aliphatic carbocycles. The number of nitrogens with two attached hydrogens (primary N) is 1. The first-order valence-electron chi connectivity index (χ1n) is 3.80. The number of primary sulfonamides is 1. The fraction of sp³-hybridized carbons (Fsp3) is 0.167. The van der Waals surface area contributed by atoms with E-state index < -0.39 is 43.6 Å². The van der Waals surface area contributed by atoms with Crippen LogP contribution in [0.5, 0.6) is 0 Å². The third kappa shape index (κ3) is 2.68. The molecule has 2 N–H and O–H groups in total. The Hall–Kier alpha value is -1.75. The molecule has 0 aliphatic rings. The van der Waals surface area contributed by atoms with Gasteiger partial charge in [0, 0.05) is 6.07 Å². The zero-order chi connectivity index (χ0) is 13.4. The highest BCUT2D eigenvalue weighted by Crippen LogP contribution is 2.28. The number of pyridine rings is 1. The van der Waals surface area contributed by atoms with E-state index in [4.69, 9.17) is 0 Å². The Morgan fingerprint density at radius 1 is 1.47 bits per heavy atom. The summed E-state index contributed by atoms with van der Waals surface area (Å²) in [6.07, 6.45) is -3.37. The topological polar surface area (TPSA) is 116 Å². The van der Waals surface area contributed by atoms with Crippen molar-refractivity contribution in [3.05, 3.63) is 27.7 Å². The molecule has 0 saturated heterocycles. The van der Waals surface area contributed by atoms with Gasteiger partial charge in [-0.2, -0.15) is 9.37 Å². The van der Waals surface area contributed by atoms with Gasteiger partial charge in [0.05, 0.1) is 10.5 Å². The molecule has 94 valence electrons. The molecule has 11 heteroatoms. The highest BCUT2D eigenvalue weighted by Gasteiger charge is 2.30. The molecule has 1 aromatic rings. The molecule has 0 radical (unpaired) electrons. The monoisotopic (exact) mass is 271 g/mol. The van der Waals surface area contributed by atoms with Gasteiger partial charge in [-0.3, -0.25) is 10.1 Å². The molecule has 1 aromatic heterocycles. The van der Waals surface area contributed by atoms with Crippen LogP contribution in [0.4, 0.5) is 18.9 Å². The molecule has 0 unspecified atom stereocenters. The molecule has 0 aliphatic heterocycles. The Balaban J connectivity index is 3.65. The second kappa shape index (κ2) is 4.25. The molecule has 0 fully saturated rings.